The predicted octanol–water partition coefficient (Wildman–Crippen LogP) is 0.796. The molecule has 7 nitrogen and oxygen atoms in total. The molecule has 0 saturated heterocycles. The maximum absolute atomic E-state index is 12.0. The van der Waals surface area contributed by atoms with E-state index in [0.29, 0.717) is 0 Å². The molecule has 0 radical (unpaired) electrons. The second kappa shape index (κ2) is 7.72. The van der Waals surface area contributed by atoms with Crippen molar-refractivity contribution in [1.82, 2.24) is 15.5 Å². The first-order valence-electron chi connectivity index (χ1n) is 6.60. The van der Waals surface area contributed by atoms with Crippen LogP contribution >= 0.6 is 0 Å². The van der Waals surface area contributed by atoms with Crippen LogP contribution in [0.5, 0.6) is 0 Å². The summed E-state index contributed by atoms with van der Waals surface area (Å²) in [6, 6.07) is -0.442. The van der Waals surface area contributed by atoms with Crippen LogP contribution in [0.2, 0.25) is 0 Å². The van der Waals surface area contributed by atoms with Gasteiger partial charge in [0.15, 0.2) is 0 Å². The van der Waals surface area contributed by atoms with E-state index in [1.165, 1.54) is 4.90 Å². The van der Waals surface area contributed by atoms with Crippen LogP contribution in [0.4, 0.5) is 4.79 Å². The number of carbonyl (C=O) groups excluding carboxylic acids is 2. The van der Waals surface area contributed by atoms with Crippen molar-refractivity contribution >= 4 is 17.9 Å². The molecule has 0 aliphatic carbocycles. The lowest BCUT2D eigenvalue weighted by Gasteiger charge is -2.35. The lowest BCUT2D eigenvalue weighted by molar-refractivity contribution is -0.137. The highest BCUT2D eigenvalue weighted by Crippen LogP contribution is 2.13. The zero-order valence-corrected chi connectivity index (χ0v) is 12.8. The third kappa shape index (κ3) is 7.60. The average Bonchev–Trinajstić information content (AvgIpc) is 2.23. The molecule has 0 aromatic carbocycles. The molecule has 0 aliphatic rings. The molecule has 0 aromatic rings. The number of rotatable bonds is 6. The topological polar surface area (TPSA) is 98.7 Å². The Labute approximate surface area is 119 Å². The number of hydrogen-bond donors (Lipinski definition) is 3. The summed E-state index contributed by atoms with van der Waals surface area (Å²) in [4.78, 5) is 35.5. The van der Waals surface area contributed by atoms with E-state index in [9.17, 15) is 14.4 Å². The predicted molar refractivity (Wildman–Crippen MR) is 75.4 cm³/mol. The van der Waals surface area contributed by atoms with Crippen LogP contribution in [-0.2, 0) is 9.59 Å². The largest absolute Gasteiger partial charge is 0.481 e. The van der Waals surface area contributed by atoms with E-state index in [2.05, 4.69) is 10.6 Å². The number of carbonyl (C=O) groups is 3. The molecule has 0 atom stereocenters. The van der Waals surface area contributed by atoms with E-state index >= 15 is 0 Å². The van der Waals surface area contributed by atoms with Gasteiger partial charge in [0.2, 0.25) is 5.91 Å². The molecule has 3 N–H and O–H groups in total. The standard InChI is InChI=1S/C13H25N3O4/c1-9(2)15-10(17)8-14-12(20)16(13(3,4)5)7-6-11(18)19/h9H,6-8H2,1-5H3,(H,14,20)(H,15,17)(H,18,19). The Hall–Kier alpha value is -1.79. The lowest BCUT2D eigenvalue weighted by atomic mass is 10.1. The van der Waals surface area contributed by atoms with Gasteiger partial charge >= 0.3 is 12.0 Å². The van der Waals surface area contributed by atoms with Gasteiger partial charge in [0.05, 0.1) is 13.0 Å². The van der Waals surface area contributed by atoms with Gasteiger partial charge in [-0.05, 0) is 34.6 Å². The van der Waals surface area contributed by atoms with Gasteiger partial charge in [-0.25, -0.2) is 4.79 Å². The molecule has 0 aromatic heterocycles. The van der Waals surface area contributed by atoms with Gasteiger partial charge in [0.1, 0.15) is 0 Å². The summed E-state index contributed by atoms with van der Waals surface area (Å²) in [5, 5.41) is 13.9. The van der Waals surface area contributed by atoms with Crippen LogP contribution in [0.15, 0.2) is 0 Å². The Bertz CT molecular complexity index is 361. The SMILES string of the molecule is CC(C)NC(=O)CNC(=O)N(CCC(=O)O)C(C)(C)C. The van der Waals surface area contributed by atoms with Crippen molar-refractivity contribution in [1.29, 1.82) is 0 Å². The minimum atomic E-state index is -0.968. The number of carboxylic acids is 1. The van der Waals surface area contributed by atoms with Gasteiger partial charge < -0.3 is 20.6 Å². The average molecular weight is 287 g/mol. The number of aliphatic carboxylic acids is 1. The highest BCUT2D eigenvalue weighted by Gasteiger charge is 2.26. The van der Waals surface area contributed by atoms with Crippen LogP contribution in [-0.4, -0.2) is 52.6 Å². The molecular weight excluding hydrogens is 262 g/mol. The van der Waals surface area contributed by atoms with Crippen LogP contribution in [0.1, 0.15) is 41.0 Å². The zero-order valence-electron chi connectivity index (χ0n) is 12.8. The molecule has 7 heteroatoms. The molecule has 0 saturated carbocycles. The zero-order chi connectivity index (χ0) is 15.9. The van der Waals surface area contributed by atoms with Crippen LogP contribution in [0.25, 0.3) is 0 Å². The Morgan fingerprint density at radius 2 is 1.75 bits per heavy atom. The van der Waals surface area contributed by atoms with Crippen molar-refractivity contribution in [2.45, 2.75) is 52.6 Å². The Morgan fingerprint density at radius 1 is 1.20 bits per heavy atom. The second-order valence-corrected chi connectivity index (χ2v) is 5.85. The van der Waals surface area contributed by atoms with Gasteiger partial charge in [-0.2, -0.15) is 0 Å². The first kappa shape index (κ1) is 18.2. The van der Waals surface area contributed by atoms with Gasteiger partial charge in [0, 0.05) is 18.1 Å². The van der Waals surface area contributed by atoms with Crippen molar-refractivity contribution in [2.75, 3.05) is 13.1 Å². The monoisotopic (exact) mass is 287 g/mol. The molecule has 0 spiro atoms. The summed E-state index contributed by atoms with van der Waals surface area (Å²) in [6.07, 6.45) is -0.136. The number of nitrogens with zero attached hydrogens (tertiary/aromatic N) is 1. The van der Waals surface area contributed by atoms with Crippen molar-refractivity contribution in [2.24, 2.45) is 0 Å². The molecule has 0 aliphatic heterocycles. The summed E-state index contributed by atoms with van der Waals surface area (Å²) >= 11 is 0. The van der Waals surface area contributed by atoms with Gasteiger partial charge in [-0.3, -0.25) is 9.59 Å². The second-order valence-electron chi connectivity index (χ2n) is 5.85. The van der Waals surface area contributed by atoms with Crippen LogP contribution < -0.4 is 10.6 Å². The molecule has 0 rings (SSSR count). The Balaban J connectivity index is 4.49. The molecule has 0 bridgehead atoms. The molecule has 116 valence electrons. The summed E-state index contributed by atoms with van der Waals surface area (Å²) in [5.74, 6) is -1.25. The maximum Gasteiger partial charge on any atom is 0.318 e. The fourth-order valence-electron chi connectivity index (χ4n) is 1.57. The van der Waals surface area contributed by atoms with E-state index in [1.807, 2.05) is 34.6 Å². The number of carboxylic acid groups (broad SMARTS) is 1. The third-order valence-corrected chi connectivity index (χ3v) is 2.45. The molecular formula is C13H25N3O4. The van der Waals surface area contributed by atoms with E-state index in [1.54, 1.807) is 0 Å². The van der Waals surface area contributed by atoms with Gasteiger partial charge in [-0.1, -0.05) is 0 Å². The highest BCUT2D eigenvalue weighted by atomic mass is 16.4. The number of urea groups is 1. The molecule has 3 amide bonds. The third-order valence-electron chi connectivity index (χ3n) is 2.45. The van der Waals surface area contributed by atoms with E-state index in [4.69, 9.17) is 5.11 Å². The van der Waals surface area contributed by atoms with Crippen LogP contribution in [0.3, 0.4) is 0 Å². The van der Waals surface area contributed by atoms with Crippen LogP contribution in [0, 0.1) is 0 Å². The highest BCUT2D eigenvalue weighted by molar-refractivity contribution is 5.84. The normalized spacial score (nSPS) is 11.1. The number of hydrogen-bond acceptors (Lipinski definition) is 3. The van der Waals surface area contributed by atoms with E-state index in [-0.39, 0.29) is 31.5 Å². The minimum Gasteiger partial charge on any atom is -0.481 e. The van der Waals surface area contributed by atoms with Gasteiger partial charge in [0.25, 0.3) is 0 Å². The fraction of sp³-hybridized carbons (Fsp3) is 0.769. The fourth-order valence-corrected chi connectivity index (χ4v) is 1.57. The molecule has 0 fully saturated rings. The molecule has 0 heterocycles. The van der Waals surface area contributed by atoms with Crippen molar-refractivity contribution in [3.05, 3.63) is 0 Å². The quantitative estimate of drug-likeness (QED) is 0.672. The Morgan fingerprint density at radius 3 is 2.15 bits per heavy atom. The number of amides is 3. The summed E-state index contributed by atoms with van der Waals surface area (Å²) in [5.41, 5.74) is -0.520. The summed E-state index contributed by atoms with van der Waals surface area (Å²) in [6.45, 7) is 9.04. The smallest absolute Gasteiger partial charge is 0.318 e. The van der Waals surface area contributed by atoms with Crippen molar-refractivity contribution in [3.63, 3.8) is 0 Å². The maximum atomic E-state index is 12.0. The van der Waals surface area contributed by atoms with E-state index in [0.717, 1.165) is 0 Å². The number of nitrogens with one attached hydrogen (secondary N) is 2. The summed E-state index contributed by atoms with van der Waals surface area (Å²) < 4.78 is 0. The van der Waals surface area contributed by atoms with Gasteiger partial charge in [-0.15, -0.1) is 0 Å². The minimum absolute atomic E-state index is 0.00475. The first-order valence-corrected chi connectivity index (χ1v) is 6.60. The Kier molecular flexibility index (Phi) is 7.02. The van der Waals surface area contributed by atoms with Crippen molar-refractivity contribution in [3.8, 4) is 0 Å². The molecule has 0 unspecified atom stereocenters. The van der Waals surface area contributed by atoms with E-state index < -0.39 is 17.5 Å². The first-order chi connectivity index (χ1) is 9.04. The lowest BCUT2D eigenvalue weighted by Crippen LogP contribution is -2.53. The van der Waals surface area contributed by atoms with Crippen molar-refractivity contribution < 1.29 is 19.5 Å². The molecule has 20 heavy (non-hydrogen) atoms. The summed E-state index contributed by atoms with van der Waals surface area (Å²) in [7, 11) is 0.